The van der Waals surface area contributed by atoms with E-state index >= 15 is 0 Å². The minimum atomic E-state index is 0. The fourth-order valence-corrected chi connectivity index (χ4v) is 3.32. The molecule has 0 saturated heterocycles. The van der Waals surface area contributed by atoms with Crippen LogP contribution in [0.3, 0.4) is 0 Å². The van der Waals surface area contributed by atoms with Crippen LogP contribution in [-0.2, 0) is 20.1 Å². The number of hydrogen-bond donors (Lipinski definition) is 2. The third-order valence-corrected chi connectivity index (χ3v) is 4.89. The number of rotatable bonds is 5. The zero-order valence-electron chi connectivity index (χ0n) is 15.2. The summed E-state index contributed by atoms with van der Waals surface area (Å²) in [6.07, 6.45) is 0. The van der Waals surface area contributed by atoms with Crippen LogP contribution in [-0.4, -0.2) is 27.3 Å². The second kappa shape index (κ2) is 9.36. The Bertz CT molecular complexity index is 704. The molecule has 2 heterocycles. The van der Waals surface area contributed by atoms with E-state index in [-0.39, 0.29) is 24.0 Å². The molecule has 24 heavy (non-hydrogen) atoms. The standard InChI is InChI=1S/C16H26N6S.HI/c1-7-17-16(19-9-15-11(3)20-13(5)23-15)18-8-14-10(2)21-22(6)12(14)4;/h7-9H2,1-6H3,(H2,17,18,19);1H. The van der Waals surface area contributed by atoms with Crippen LogP contribution in [0.1, 0.15) is 39.5 Å². The highest BCUT2D eigenvalue weighted by atomic mass is 127. The lowest BCUT2D eigenvalue weighted by molar-refractivity contribution is 0.730. The second-order valence-electron chi connectivity index (χ2n) is 5.56. The first-order chi connectivity index (χ1) is 10.9. The van der Waals surface area contributed by atoms with Crippen molar-refractivity contribution in [2.24, 2.45) is 12.0 Å². The van der Waals surface area contributed by atoms with Crippen molar-refractivity contribution in [2.75, 3.05) is 6.54 Å². The molecule has 8 heteroatoms. The highest BCUT2D eigenvalue weighted by molar-refractivity contribution is 14.0. The van der Waals surface area contributed by atoms with Crippen LogP contribution in [0.2, 0.25) is 0 Å². The van der Waals surface area contributed by atoms with Crippen molar-refractivity contribution in [3.8, 4) is 0 Å². The van der Waals surface area contributed by atoms with Gasteiger partial charge in [0, 0.05) is 29.7 Å². The first kappa shape index (κ1) is 20.9. The molecule has 2 rings (SSSR count). The van der Waals surface area contributed by atoms with Crippen molar-refractivity contribution in [1.82, 2.24) is 25.4 Å². The van der Waals surface area contributed by atoms with E-state index in [0.717, 1.165) is 41.1 Å². The number of halogens is 1. The van der Waals surface area contributed by atoms with Gasteiger partial charge in [0.2, 0.25) is 0 Å². The average molecular weight is 462 g/mol. The van der Waals surface area contributed by atoms with Gasteiger partial charge in [-0.3, -0.25) is 4.68 Å². The molecule has 0 atom stereocenters. The smallest absolute Gasteiger partial charge is 0.191 e. The predicted octanol–water partition coefficient (Wildman–Crippen LogP) is 2.98. The average Bonchev–Trinajstić information content (AvgIpc) is 2.93. The van der Waals surface area contributed by atoms with E-state index < -0.39 is 0 Å². The van der Waals surface area contributed by atoms with Gasteiger partial charge in [-0.05, 0) is 34.6 Å². The Morgan fingerprint density at radius 3 is 2.38 bits per heavy atom. The number of aromatic nitrogens is 3. The lowest BCUT2D eigenvalue weighted by atomic mass is 10.2. The van der Waals surface area contributed by atoms with Crippen LogP contribution in [0.4, 0.5) is 0 Å². The van der Waals surface area contributed by atoms with Gasteiger partial charge in [0.05, 0.1) is 29.5 Å². The molecule has 134 valence electrons. The van der Waals surface area contributed by atoms with Crippen LogP contribution in [0.25, 0.3) is 0 Å². The summed E-state index contributed by atoms with van der Waals surface area (Å²) in [7, 11) is 1.97. The Kier molecular flexibility index (Phi) is 8.14. The SMILES string of the molecule is CCNC(=NCc1c(C)nn(C)c1C)NCc1sc(C)nc1C.I. The van der Waals surface area contributed by atoms with E-state index in [4.69, 9.17) is 4.99 Å². The van der Waals surface area contributed by atoms with Crippen LogP contribution in [0.15, 0.2) is 4.99 Å². The zero-order valence-corrected chi connectivity index (χ0v) is 18.4. The summed E-state index contributed by atoms with van der Waals surface area (Å²) in [5, 5.41) is 12.2. The van der Waals surface area contributed by atoms with Crippen molar-refractivity contribution in [3.63, 3.8) is 0 Å². The van der Waals surface area contributed by atoms with E-state index in [2.05, 4.69) is 34.6 Å². The number of nitrogens with zero attached hydrogens (tertiary/aromatic N) is 4. The molecule has 0 bridgehead atoms. The predicted molar refractivity (Wildman–Crippen MR) is 111 cm³/mol. The molecule has 6 nitrogen and oxygen atoms in total. The van der Waals surface area contributed by atoms with Gasteiger partial charge in [-0.15, -0.1) is 35.3 Å². The minimum Gasteiger partial charge on any atom is -0.357 e. The molecule has 0 saturated carbocycles. The molecule has 0 radical (unpaired) electrons. The fraction of sp³-hybridized carbons (Fsp3) is 0.562. The molecule has 0 amide bonds. The Balaban J connectivity index is 0.00000288. The van der Waals surface area contributed by atoms with Crippen molar-refractivity contribution in [3.05, 3.63) is 32.5 Å². The molecule has 0 aliphatic heterocycles. The maximum atomic E-state index is 4.70. The molecule has 0 spiro atoms. The summed E-state index contributed by atoms with van der Waals surface area (Å²) in [6, 6.07) is 0. The molecule has 2 N–H and O–H groups in total. The summed E-state index contributed by atoms with van der Waals surface area (Å²) in [5.74, 6) is 0.820. The molecule has 2 aromatic rings. The largest absolute Gasteiger partial charge is 0.357 e. The zero-order chi connectivity index (χ0) is 17.0. The molecule has 2 aromatic heterocycles. The van der Waals surface area contributed by atoms with Gasteiger partial charge in [0.1, 0.15) is 0 Å². The highest BCUT2D eigenvalue weighted by Gasteiger charge is 2.10. The molecule has 0 aliphatic rings. The molecule has 0 aliphatic carbocycles. The van der Waals surface area contributed by atoms with E-state index in [0.29, 0.717) is 6.54 Å². The summed E-state index contributed by atoms with van der Waals surface area (Å²) in [5.41, 5.74) is 4.49. The molecule has 0 unspecified atom stereocenters. The van der Waals surface area contributed by atoms with Crippen LogP contribution in [0, 0.1) is 27.7 Å². The number of aryl methyl sites for hydroxylation is 4. The fourth-order valence-electron chi connectivity index (χ4n) is 2.45. The van der Waals surface area contributed by atoms with Gasteiger partial charge in [-0.25, -0.2) is 9.98 Å². The third-order valence-electron chi connectivity index (χ3n) is 3.81. The lowest BCUT2D eigenvalue weighted by Gasteiger charge is -2.11. The molecule has 0 aromatic carbocycles. The van der Waals surface area contributed by atoms with E-state index in [1.54, 1.807) is 11.3 Å². The van der Waals surface area contributed by atoms with Gasteiger partial charge in [0.15, 0.2) is 5.96 Å². The summed E-state index contributed by atoms with van der Waals surface area (Å²) < 4.78 is 1.91. The summed E-state index contributed by atoms with van der Waals surface area (Å²) in [6.45, 7) is 12.5. The van der Waals surface area contributed by atoms with E-state index in [9.17, 15) is 0 Å². The molecular weight excluding hydrogens is 435 g/mol. The summed E-state index contributed by atoms with van der Waals surface area (Å²) >= 11 is 1.73. The first-order valence-electron chi connectivity index (χ1n) is 7.86. The van der Waals surface area contributed by atoms with Crippen LogP contribution >= 0.6 is 35.3 Å². The third kappa shape index (κ3) is 5.17. The van der Waals surface area contributed by atoms with Gasteiger partial charge >= 0.3 is 0 Å². The maximum absolute atomic E-state index is 4.70. The van der Waals surface area contributed by atoms with Crippen molar-refractivity contribution in [2.45, 2.75) is 47.7 Å². The van der Waals surface area contributed by atoms with Gasteiger partial charge in [0.25, 0.3) is 0 Å². The monoisotopic (exact) mass is 462 g/mol. The second-order valence-corrected chi connectivity index (χ2v) is 6.85. The van der Waals surface area contributed by atoms with Crippen LogP contribution < -0.4 is 10.6 Å². The molecule has 0 fully saturated rings. The normalized spacial score (nSPS) is 11.3. The van der Waals surface area contributed by atoms with Crippen LogP contribution in [0.5, 0.6) is 0 Å². The minimum absolute atomic E-state index is 0. The Hall–Kier alpha value is -1.16. The number of guanidine groups is 1. The lowest BCUT2D eigenvalue weighted by Crippen LogP contribution is -2.36. The number of hydrogen-bond acceptors (Lipinski definition) is 4. The first-order valence-corrected chi connectivity index (χ1v) is 8.68. The van der Waals surface area contributed by atoms with E-state index in [1.165, 1.54) is 10.4 Å². The van der Waals surface area contributed by atoms with Gasteiger partial charge in [-0.1, -0.05) is 0 Å². The topological polar surface area (TPSA) is 67.1 Å². The number of nitrogens with one attached hydrogen (secondary N) is 2. The summed E-state index contributed by atoms with van der Waals surface area (Å²) in [4.78, 5) is 10.4. The quantitative estimate of drug-likeness (QED) is 0.408. The Morgan fingerprint density at radius 1 is 1.17 bits per heavy atom. The molecular formula is C16H27IN6S. The maximum Gasteiger partial charge on any atom is 0.191 e. The number of aliphatic imine (C=N–C) groups is 1. The van der Waals surface area contributed by atoms with Gasteiger partial charge in [-0.2, -0.15) is 5.10 Å². The Labute approximate surface area is 165 Å². The van der Waals surface area contributed by atoms with Gasteiger partial charge < -0.3 is 10.6 Å². The van der Waals surface area contributed by atoms with Crippen molar-refractivity contribution in [1.29, 1.82) is 0 Å². The van der Waals surface area contributed by atoms with Crippen molar-refractivity contribution >= 4 is 41.3 Å². The highest BCUT2D eigenvalue weighted by Crippen LogP contribution is 2.16. The number of thiazole rings is 1. The van der Waals surface area contributed by atoms with E-state index in [1.807, 2.05) is 32.5 Å². The van der Waals surface area contributed by atoms with Crippen molar-refractivity contribution < 1.29 is 0 Å². The Morgan fingerprint density at radius 2 is 1.88 bits per heavy atom.